The van der Waals surface area contributed by atoms with Crippen LogP contribution >= 0.6 is 11.6 Å². The molecular weight excluding hydrogens is 466 g/mol. The lowest BCUT2D eigenvalue weighted by Crippen LogP contribution is -2.37. The first-order chi connectivity index (χ1) is 16.9. The standard InChI is InChI=1S/C26H26ClN5O3/c1-31(24(33)17-32-14-4-5-15-32)20-11-8-18(9-12-20)25(34)29-22-7-3-2-6-21(22)26(35)30-23-13-10-19(27)16-28-23/h2-3,6-13,16H,4-5,14-15,17H2,1H3,(H,29,34)(H,28,30,35). The predicted molar refractivity (Wildman–Crippen MR) is 137 cm³/mol. The van der Waals surface area contributed by atoms with E-state index in [2.05, 4.69) is 20.5 Å². The molecule has 1 aromatic heterocycles. The Balaban J connectivity index is 1.41. The van der Waals surface area contributed by atoms with Crippen molar-refractivity contribution in [3.8, 4) is 0 Å². The molecule has 1 aliphatic rings. The highest BCUT2D eigenvalue weighted by molar-refractivity contribution is 6.30. The number of likely N-dealkylation sites (N-methyl/N-ethyl adjacent to an activating group) is 1. The molecule has 2 N–H and O–H groups in total. The largest absolute Gasteiger partial charge is 0.321 e. The number of nitrogens with zero attached hydrogens (tertiary/aromatic N) is 3. The molecule has 8 nitrogen and oxygen atoms in total. The second-order valence-electron chi connectivity index (χ2n) is 8.30. The molecule has 2 heterocycles. The summed E-state index contributed by atoms with van der Waals surface area (Å²) in [5.74, 6) is -0.421. The van der Waals surface area contributed by atoms with Gasteiger partial charge in [0, 0.05) is 24.5 Å². The fourth-order valence-electron chi connectivity index (χ4n) is 3.84. The number of pyridine rings is 1. The lowest BCUT2D eigenvalue weighted by atomic mass is 10.1. The zero-order valence-electron chi connectivity index (χ0n) is 19.3. The third kappa shape index (κ3) is 6.23. The number of anilines is 3. The zero-order chi connectivity index (χ0) is 24.8. The van der Waals surface area contributed by atoms with E-state index in [0.717, 1.165) is 25.9 Å². The molecule has 4 rings (SSSR count). The third-order valence-electron chi connectivity index (χ3n) is 5.84. The molecule has 0 aliphatic carbocycles. The summed E-state index contributed by atoms with van der Waals surface area (Å²) in [5.41, 5.74) is 1.78. The van der Waals surface area contributed by atoms with Gasteiger partial charge < -0.3 is 15.5 Å². The quantitative estimate of drug-likeness (QED) is 0.514. The monoisotopic (exact) mass is 491 g/mol. The lowest BCUT2D eigenvalue weighted by Gasteiger charge is -2.21. The number of carbonyl (C=O) groups is 3. The molecule has 180 valence electrons. The van der Waals surface area contributed by atoms with Crippen LogP contribution in [0, 0.1) is 0 Å². The Morgan fingerprint density at radius 1 is 0.943 bits per heavy atom. The van der Waals surface area contributed by atoms with E-state index in [1.165, 1.54) is 6.20 Å². The third-order valence-corrected chi connectivity index (χ3v) is 6.06. The summed E-state index contributed by atoms with van der Waals surface area (Å²) in [7, 11) is 1.73. The molecule has 1 fully saturated rings. The summed E-state index contributed by atoms with van der Waals surface area (Å²) in [5, 5.41) is 5.95. The van der Waals surface area contributed by atoms with Gasteiger partial charge in [-0.2, -0.15) is 0 Å². The minimum absolute atomic E-state index is 0.0132. The van der Waals surface area contributed by atoms with Crippen LogP contribution in [0.5, 0.6) is 0 Å². The first kappa shape index (κ1) is 24.4. The van der Waals surface area contributed by atoms with Gasteiger partial charge in [-0.1, -0.05) is 23.7 Å². The van der Waals surface area contributed by atoms with Crippen molar-refractivity contribution in [1.82, 2.24) is 9.88 Å². The summed E-state index contributed by atoms with van der Waals surface area (Å²) in [6, 6.07) is 16.7. The molecule has 0 spiro atoms. The Bertz CT molecular complexity index is 1210. The Labute approximate surface area is 208 Å². The van der Waals surface area contributed by atoms with E-state index in [9.17, 15) is 14.4 Å². The van der Waals surface area contributed by atoms with Crippen LogP contribution in [0.25, 0.3) is 0 Å². The zero-order valence-corrected chi connectivity index (χ0v) is 20.1. The highest BCUT2D eigenvalue weighted by Crippen LogP contribution is 2.20. The van der Waals surface area contributed by atoms with Crippen molar-refractivity contribution in [3.63, 3.8) is 0 Å². The SMILES string of the molecule is CN(C(=O)CN1CCCC1)c1ccc(C(=O)Nc2ccccc2C(=O)Nc2ccc(Cl)cn2)cc1. The molecule has 2 aromatic carbocycles. The topological polar surface area (TPSA) is 94.6 Å². The number of para-hydroxylation sites is 1. The molecule has 9 heteroatoms. The predicted octanol–water partition coefficient (Wildman–Crippen LogP) is 4.30. The molecule has 1 aliphatic heterocycles. The summed E-state index contributed by atoms with van der Waals surface area (Å²) in [6.07, 6.45) is 3.69. The van der Waals surface area contributed by atoms with E-state index in [1.54, 1.807) is 72.6 Å². The fraction of sp³-hybridized carbons (Fsp3) is 0.231. The first-order valence-corrected chi connectivity index (χ1v) is 11.7. The van der Waals surface area contributed by atoms with Crippen LogP contribution in [0.1, 0.15) is 33.6 Å². The van der Waals surface area contributed by atoms with Gasteiger partial charge in [-0.05, 0) is 74.5 Å². The van der Waals surface area contributed by atoms with Crippen molar-refractivity contribution in [3.05, 3.63) is 83.0 Å². The van der Waals surface area contributed by atoms with Crippen molar-refractivity contribution in [2.45, 2.75) is 12.8 Å². The summed E-state index contributed by atoms with van der Waals surface area (Å²) in [6.45, 7) is 2.30. The van der Waals surface area contributed by atoms with Crippen LogP contribution in [-0.2, 0) is 4.79 Å². The Kier molecular flexibility index (Phi) is 7.74. The maximum absolute atomic E-state index is 12.9. The minimum Gasteiger partial charge on any atom is -0.321 e. The number of carbonyl (C=O) groups excluding carboxylic acids is 3. The number of hydrogen-bond acceptors (Lipinski definition) is 5. The van der Waals surface area contributed by atoms with Gasteiger partial charge in [0.1, 0.15) is 5.82 Å². The molecular formula is C26H26ClN5O3. The molecule has 0 saturated carbocycles. The second-order valence-corrected chi connectivity index (χ2v) is 8.73. The number of amides is 3. The van der Waals surface area contributed by atoms with E-state index < -0.39 is 5.91 Å². The molecule has 3 aromatic rings. The smallest absolute Gasteiger partial charge is 0.258 e. The Hall–Kier alpha value is -3.75. The van der Waals surface area contributed by atoms with E-state index in [0.29, 0.717) is 39.9 Å². The maximum Gasteiger partial charge on any atom is 0.258 e. The van der Waals surface area contributed by atoms with Crippen LogP contribution in [0.15, 0.2) is 66.9 Å². The number of likely N-dealkylation sites (tertiary alicyclic amines) is 1. The maximum atomic E-state index is 12.9. The van der Waals surface area contributed by atoms with Crippen LogP contribution in [0.3, 0.4) is 0 Å². The van der Waals surface area contributed by atoms with Crippen molar-refractivity contribution in [1.29, 1.82) is 0 Å². The summed E-state index contributed by atoms with van der Waals surface area (Å²) < 4.78 is 0. The van der Waals surface area contributed by atoms with Crippen LogP contribution in [-0.4, -0.2) is 54.3 Å². The number of nitrogens with one attached hydrogen (secondary N) is 2. The minimum atomic E-state index is -0.413. The van der Waals surface area contributed by atoms with Gasteiger partial charge in [-0.25, -0.2) is 4.98 Å². The number of hydrogen-bond donors (Lipinski definition) is 2. The highest BCUT2D eigenvalue weighted by atomic mass is 35.5. The Morgan fingerprint density at radius 3 is 2.34 bits per heavy atom. The molecule has 1 saturated heterocycles. The highest BCUT2D eigenvalue weighted by Gasteiger charge is 2.19. The summed E-state index contributed by atoms with van der Waals surface area (Å²) in [4.78, 5) is 46.0. The van der Waals surface area contributed by atoms with Gasteiger partial charge in [-0.3, -0.25) is 19.3 Å². The molecule has 35 heavy (non-hydrogen) atoms. The number of rotatable bonds is 7. The average Bonchev–Trinajstić information content (AvgIpc) is 3.38. The lowest BCUT2D eigenvalue weighted by molar-refractivity contribution is -0.119. The van der Waals surface area contributed by atoms with Crippen molar-refractivity contribution in [2.75, 3.05) is 42.2 Å². The van der Waals surface area contributed by atoms with Gasteiger partial charge in [0.2, 0.25) is 5.91 Å². The van der Waals surface area contributed by atoms with Crippen molar-refractivity contribution >= 4 is 46.5 Å². The van der Waals surface area contributed by atoms with E-state index >= 15 is 0 Å². The Morgan fingerprint density at radius 2 is 1.66 bits per heavy atom. The van der Waals surface area contributed by atoms with E-state index in [1.807, 2.05) is 0 Å². The molecule has 3 amide bonds. The number of aromatic nitrogens is 1. The van der Waals surface area contributed by atoms with Gasteiger partial charge in [-0.15, -0.1) is 0 Å². The van der Waals surface area contributed by atoms with Crippen LogP contribution in [0.4, 0.5) is 17.2 Å². The number of benzene rings is 2. The first-order valence-electron chi connectivity index (χ1n) is 11.3. The van der Waals surface area contributed by atoms with Crippen LogP contribution in [0.2, 0.25) is 5.02 Å². The molecule has 0 unspecified atom stereocenters. The van der Waals surface area contributed by atoms with Gasteiger partial charge >= 0.3 is 0 Å². The van der Waals surface area contributed by atoms with Crippen molar-refractivity contribution < 1.29 is 14.4 Å². The average molecular weight is 492 g/mol. The van der Waals surface area contributed by atoms with E-state index in [4.69, 9.17) is 11.6 Å². The molecule has 0 bridgehead atoms. The van der Waals surface area contributed by atoms with Gasteiger partial charge in [0.25, 0.3) is 11.8 Å². The van der Waals surface area contributed by atoms with Gasteiger partial charge in [0.05, 0.1) is 22.8 Å². The van der Waals surface area contributed by atoms with Crippen molar-refractivity contribution in [2.24, 2.45) is 0 Å². The number of halogens is 1. The molecule has 0 radical (unpaired) electrons. The second kappa shape index (κ2) is 11.1. The fourth-order valence-corrected chi connectivity index (χ4v) is 3.95. The van der Waals surface area contributed by atoms with E-state index in [-0.39, 0.29) is 11.8 Å². The molecule has 0 atom stereocenters. The van der Waals surface area contributed by atoms with Gasteiger partial charge in [0.15, 0.2) is 0 Å². The summed E-state index contributed by atoms with van der Waals surface area (Å²) >= 11 is 5.84. The normalized spacial score (nSPS) is 13.3. The van der Waals surface area contributed by atoms with Crippen LogP contribution < -0.4 is 15.5 Å².